The summed E-state index contributed by atoms with van der Waals surface area (Å²) in [7, 11) is -2.94. The molecule has 0 amide bonds. The van der Waals surface area contributed by atoms with E-state index in [4.69, 9.17) is 4.74 Å². The van der Waals surface area contributed by atoms with Gasteiger partial charge >= 0.3 is 0 Å². The third-order valence-electron chi connectivity index (χ3n) is 3.02. The lowest BCUT2D eigenvalue weighted by Gasteiger charge is -2.11. The van der Waals surface area contributed by atoms with Gasteiger partial charge < -0.3 is 15.2 Å². The maximum Gasteiger partial charge on any atom is 0.151 e. The van der Waals surface area contributed by atoms with Crippen molar-refractivity contribution in [3.05, 3.63) is 23.8 Å². The zero-order chi connectivity index (χ0) is 13.2. The van der Waals surface area contributed by atoms with Crippen LogP contribution in [-0.4, -0.2) is 38.2 Å². The van der Waals surface area contributed by atoms with Crippen molar-refractivity contribution in [1.29, 1.82) is 0 Å². The van der Waals surface area contributed by atoms with Crippen LogP contribution in [0.2, 0.25) is 0 Å². The Balaban J connectivity index is 1.94. The molecule has 1 unspecified atom stereocenters. The van der Waals surface area contributed by atoms with Gasteiger partial charge in [-0.2, -0.15) is 0 Å². The summed E-state index contributed by atoms with van der Waals surface area (Å²) in [4.78, 5) is 0. The summed E-state index contributed by atoms with van der Waals surface area (Å²) in [5.74, 6) is 1.13. The fourth-order valence-corrected chi connectivity index (χ4v) is 2.62. The molecule has 1 atom stereocenters. The number of nitrogens with one attached hydrogen (secondary N) is 1. The first-order valence-corrected chi connectivity index (χ1v) is 7.73. The lowest BCUT2D eigenvalue weighted by molar-refractivity contribution is 0.312. The minimum atomic E-state index is -2.94. The van der Waals surface area contributed by atoms with Gasteiger partial charge in [-0.1, -0.05) is 6.92 Å². The number of phenolic OH excluding ortho intramolecular Hbond substituents is 1. The van der Waals surface area contributed by atoms with Crippen LogP contribution in [0, 0.1) is 0 Å². The number of fused-ring (bicyclic) bond motifs is 1. The highest BCUT2D eigenvalue weighted by molar-refractivity contribution is 7.91. The average Bonchev–Trinajstić information content (AvgIpc) is 2.71. The van der Waals surface area contributed by atoms with E-state index in [2.05, 4.69) is 5.32 Å². The second-order valence-corrected chi connectivity index (χ2v) is 6.75. The first kappa shape index (κ1) is 13.2. The summed E-state index contributed by atoms with van der Waals surface area (Å²) in [5, 5.41) is 12.5. The third kappa shape index (κ3) is 2.94. The van der Waals surface area contributed by atoms with Gasteiger partial charge in [-0.3, -0.25) is 0 Å². The van der Waals surface area contributed by atoms with Crippen molar-refractivity contribution in [3.8, 4) is 11.5 Å². The topological polar surface area (TPSA) is 75.6 Å². The van der Waals surface area contributed by atoms with Gasteiger partial charge in [-0.05, 0) is 12.1 Å². The largest absolute Gasteiger partial charge is 0.508 e. The molecule has 1 aliphatic rings. The summed E-state index contributed by atoms with van der Waals surface area (Å²) >= 11 is 0. The lowest BCUT2D eigenvalue weighted by atomic mass is 10.1. The quantitative estimate of drug-likeness (QED) is 0.830. The Hall–Kier alpha value is -1.27. The summed E-state index contributed by atoms with van der Waals surface area (Å²) < 4.78 is 28.1. The SMILES string of the molecule is CCS(=O)(=O)CCNC1COc2cc(O)ccc21. The van der Waals surface area contributed by atoms with E-state index in [0.717, 1.165) is 5.56 Å². The van der Waals surface area contributed by atoms with Crippen LogP contribution < -0.4 is 10.1 Å². The minimum absolute atomic E-state index is 0.00680. The minimum Gasteiger partial charge on any atom is -0.508 e. The molecule has 1 aliphatic heterocycles. The summed E-state index contributed by atoms with van der Waals surface area (Å²) in [6.07, 6.45) is 0. The highest BCUT2D eigenvalue weighted by Gasteiger charge is 2.24. The van der Waals surface area contributed by atoms with Crippen molar-refractivity contribution in [2.24, 2.45) is 0 Å². The van der Waals surface area contributed by atoms with Gasteiger partial charge in [0.05, 0.1) is 11.8 Å². The smallest absolute Gasteiger partial charge is 0.151 e. The van der Waals surface area contributed by atoms with E-state index in [1.807, 2.05) is 0 Å². The zero-order valence-electron chi connectivity index (χ0n) is 10.2. The van der Waals surface area contributed by atoms with Gasteiger partial charge in [-0.15, -0.1) is 0 Å². The van der Waals surface area contributed by atoms with E-state index < -0.39 is 9.84 Å². The monoisotopic (exact) mass is 271 g/mol. The Kier molecular flexibility index (Phi) is 3.77. The Morgan fingerprint density at radius 3 is 3.00 bits per heavy atom. The number of aromatic hydroxyl groups is 1. The number of sulfone groups is 1. The van der Waals surface area contributed by atoms with E-state index in [0.29, 0.717) is 18.9 Å². The van der Waals surface area contributed by atoms with E-state index in [-0.39, 0.29) is 23.3 Å². The molecule has 18 heavy (non-hydrogen) atoms. The predicted molar refractivity (Wildman–Crippen MR) is 68.7 cm³/mol. The van der Waals surface area contributed by atoms with E-state index in [9.17, 15) is 13.5 Å². The van der Waals surface area contributed by atoms with Crippen LogP contribution in [0.15, 0.2) is 18.2 Å². The Bertz CT molecular complexity index is 527. The van der Waals surface area contributed by atoms with Gasteiger partial charge in [0.2, 0.25) is 0 Å². The Morgan fingerprint density at radius 1 is 1.50 bits per heavy atom. The van der Waals surface area contributed by atoms with Crippen LogP contribution in [0.1, 0.15) is 18.5 Å². The maximum absolute atomic E-state index is 11.4. The molecule has 0 radical (unpaired) electrons. The molecule has 2 rings (SSSR count). The molecule has 0 bridgehead atoms. The standard InChI is InChI=1S/C12H17NO4S/c1-2-18(15,16)6-5-13-11-8-17-12-7-9(14)3-4-10(11)12/h3-4,7,11,13-14H,2,5-6,8H2,1H3. The van der Waals surface area contributed by atoms with Crippen molar-refractivity contribution in [3.63, 3.8) is 0 Å². The van der Waals surface area contributed by atoms with E-state index in [1.165, 1.54) is 0 Å². The molecule has 0 spiro atoms. The highest BCUT2D eigenvalue weighted by Crippen LogP contribution is 2.34. The molecule has 5 nitrogen and oxygen atoms in total. The molecule has 0 aliphatic carbocycles. The lowest BCUT2D eigenvalue weighted by Crippen LogP contribution is -2.28. The van der Waals surface area contributed by atoms with Crippen molar-refractivity contribution in [1.82, 2.24) is 5.32 Å². The molecule has 6 heteroatoms. The molecule has 2 N–H and O–H groups in total. The average molecular weight is 271 g/mol. The second-order valence-electron chi connectivity index (χ2n) is 4.28. The first-order chi connectivity index (χ1) is 8.52. The van der Waals surface area contributed by atoms with Gasteiger partial charge in [0, 0.05) is 23.9 Å². The molecule has 0 saturated carbocycles. The number of benzene rings is 1. The number of rotatable bonds is 5. The molecule has 0 aromatic heterocycles. The van der Waals surface area contributed by atoms with Crippen molar-refractivity contribution < 1.29 is 18.3 Å². The van der Waals surface area contributed by atoms with Gasteiger partial charge in [-0.25, -0.2) is 8.42 Å². The number of hydrogen-bond donors (Lipinski definition) is 2. The number of phenols is 1. The van der Waals surface area contributed by atoms with Gasteiger partial charge in [0.25, 0.3) is 0 Å². The normalized spacial score (nSPS) is 18.4. The van der Waals surface area contributed by atoms with Crippen LogP contribution in [0.25, 0.3) is 0 Å². The molecular formula is C12H17NO4S. The highest BCUT2D eigenvalue weighted by atomic mass is 32.2. The van der Waals surface area contributed by atoms with Crippen molar-refractivity contribution >= 4 is 9.84 Å². The maximum atomic E-state index is 11.4. The molecule has 100 valence electrons. The molecule has 1 aromatic carbocycles. The third-order valence-corrected chi connectivity index (χ3v) is 4.73. The Morgan fingerprint density at radius 2 is 2.28 bits per heavy atom. The number of hydrogen-bond acceptors (Lipinski definition) is 5. The predicted octanol–water partition coefficient (Wildman–Crippen LogP) is 0.850. The van der Waals surface area contributed by atoms with Crippen LogP contribution in [0.3, 0.4) is 0 Å². The number of ether oxygens (including phenoxy) is 1. The van der Waals surface area contributed by atoms with Gasteiger partial charge in [0.15, 0.2) is 9.84 Å². The fraction of sp³-hybridized carbons (Fsp3) is 0.500. The molecule has 1 heterocycles. The first-order valence-electron chi connectivity index (χ1n) is 5.91. The van der Waals surface area contributed by atoms with Crippen LogP contribution in [-0.2, 0) is 9.84 Å². The molecule has 0 saturated heterocycles. The summed E-state index contributed by atoms with van der Waals surface area (Å²) in [5.41, 5.74) is 0.960. The Labute approximate surface area is 107 Å². The summed E-state index contributed by atoms with van der Waals surface area (Å²) in [6.45, 7) is 2.52. The van der Waals surface area contributed by atoms with Crippen LogP contribution in [0.5, 0.6) is 11.5 Å². The molecular weight excluding hydrogens is 254 g/mol. The second kappa shape index (κ2) is 5.16. The molecule has 1 aromatic rings. The van der Waals surface area contributed by atoms with Crippen LogP contribution in [0.4, 0.5) is 0 Å². The van der Waals surface area contributed by atoms with Gasteiger partial charge in [0.1, 0.15) is 18.1 Å². The zero-order valence-corrected chi connectivity index (χ0v) is 11.0. The van der Waals surface area contributed by atoms with E-state index in [1.54, 1.807) is 25.1 Å². The van der Waals surface area contributed by atoms with Crippen molar-refractivity contribution in [2.75, 3.05) is 24.7 Å². The van der Waals surface area contributed by atoms with Crippen molar-refractivity contribution in [2.45, 2.75) is 13.0 Å². The van der Waals surface area contributed by atoms with E-state index >= 15 is 0 Å². The summed E-state index contributed by atoms with van der Waals surface area (Å²) in [6, 6.07) is 4.96. The fourth-order valence-electron chi connectivity index (χ4n) is 1.90. The molecule has 0 fully saturated rings. The van der Waals surface area contributed by atoms with Crippen LogP contribution >= 0.6 is 0 Å².